The van der Waals surface area contributed by atoms with Gasteiger partial charge in [-0.15, -0.1) is 0 Å². The Morgan fingerprint density at radius 3 is 2.57 bits per heavy atom. The molecule has 0 aliphatic carbocycles. The van der Waals surface area contributed by atoms with Gasteiger partial charge in [-0.25, -0.2) is 0 Å². The Kier molecular flexibility index (Phi) is 6.25. The lowest BCUT2D eigenvalue weighted by atomic mass is 10.3. The van der Waals surface area contributed by atoms with Gasteiger partial charge in [-0.1, -0.05) is 0 Å². The van der Waals surface area contributed by atoms with E-state index in [-0.39, 0.29) is 19.6 Å². The SMILES string of the molecule is CNC(C#N)COCCCC(F)(F)F. The minimum Gasteiger partial charge on any atom is -0.379 e. The largest absolute Gasteiger partial charge is 0.389 e. The fourth-order valence-electron chi connectivity index (χ4n) is 0.761. The van der Waals surface area contributed by atoms with Gasteiger partial charge in [0.25, 0.3) is 0 Å². The zero-order chi connectivity index (χ0) is 11.0. The molecule has 0 spiro atoms. The molecule has 0 aliphatic rings. The van der Waals surface area contributed by atoms with Crippen molar-refractivity contribution in [1.29, 1.82) is 5.26 Å². The number of hydrogen-bond acceptors (Lipinski definition) is 3. The molecule has 14 heavy (non-hydrogen) atoms. The Morgan fingerprint density at radius 2 is 2.14 bits per heavy atom. The molecule has 0 saturated carbocycles. The second-order valence-corrected chi connectivity index (χ2v) is 2.76. The van der Waals surface area contributed by atoms with Gasteiger partial charge in [0.05, 0.1) is 12.7 Å². The molecular weight excluding hydrogens is 197 g/mol. The molecule has 0 heterocycles. The van der Waals surface area contributed by atoms with Crippen molar-refractivity contribution < 1.29 is 17.9 Å². The lowest BCUT2D eigenvalue weighted by Crippen LogP contribution is -2.28. The highest BCUT2D eigenvalue weighted by Crippen LogP contribution is 2.20. The second-order valence-electron chi connectivity index (χ2n) is 2.76. The fourth-order valence-corrected chi connectivity index (χ4v) is 0.761. The molecule has 0 aromatic carbocycles. The van der Waals surface area contributed by atoms with Gasteiger partial charge in [-0.05, 0) is 13.5 Å². The van der Waals surface area contributed by atoms with Crippen LogP contribution in [0.2, 0.25) is 0 Å². The Morgan fingerprint density at radius 1 is 1.50 bits per heavy atom. The molecule has 3 nitrogen and oxygen atoms in total. The van der Waals surface area contributed by atoms with Crippen LogP contribution in [0.1, 0.15) is 12.8 Å². The van der Waals surface area contributed by atoms with Crippen molar-refractivity contribution in [1.82, 2.24) is 5.32 Å². The van der Waals surface area contributed by atoms with E-state index in [1.165, 1.54) is 0 Å². The molecule has 0 aromatic heterocycles. The first-order chi connectivity index (χ1) is 6.49. The van der Waals surface area contributed by atoms with Crippen LogP contribution < -0.4 is 5.32 Å². The summed E-state index contributed by atoms with van der Waals surface area (Å²) in [4.78, 5) is 0. The van der Waals surface area contributed by atoms with Crippen LogP contribution in [-0.4, -0.2) is 32.5 Å². The number of likely N-dealkylation sites (N-methyl/N-ethyl adjacent to an activating group) is 1. The quantitative estimate of drug-likeness (QED) is 0.675. The molecule has 6 heteroatoms. The topological polar surface area (TPSA) is 45.0 Å². The van der Waals surface area contributed by atoms with Gasteiger partial charge in [0.1, 0.15) is 6.04 Å². The van der Waals surface area contributed by atoms with E-state index in [4.69, 9.17) is 10.00 Å². The van der Waals surface area contributed by atoms with Crippen molar-refractivity contribution in [3.63, 3.8) is 0 Å². The molecule has 0 bridgehead atoms. The van der Waals surface area contributed by atoms with Gasteiger partial charge in [0, 0.05) is 13.0 Å². The average Bonchev–Trinajstić information content (AvgIpc) is 2.09. The fraction of sp³-hybridized carbons (Fsp3) is 0.875. The van der Waals surface area contributed by atoms with Crippen LogP contribution >= 0.6 is 0 Å². The van der Waals surface area contributed by atoms with Crippen LogP contribution in [0.4, 0.5) is 13.2 Å². The molecular formula is C8H13F3N2O. The Labute approximate surface area is 80.8 Å². The molecule has 0 aliphatic heterocycles. The lowest BCUT2D eigenvalue weighted by Gasteiger charge is -2.09. The second kappa shape index (κ2) is 6.62. The Bertz CT molecular complexity index is 188. The maximum absolute atomic E-state index is 11.7. The molecule has 1 atom stereocenters. The minimum absolute atomic E-state index is 0.0272. The summed E-state index contributed by atoms with van der Waals surface area (Å²) in [6.07, 6.45) is -5.03. The van der Waals surface area contributed by atoms with E-state index in [9.17, 15) is 13.2 Å². The van der Waals surface area contributed by atoms with Gasteiger partial charge in [0.15, 0.2) is 0 Å². The molecule has 0 fully saturated rings. The normalized spacial score (nSPS) is 13.6. The summed E-state index contributed by atoms with van der Waals surface area (Å²) in [5, 5.41) is 11.1. The standard InChI is InChI=1S/C8H13F3N2O/c1-13-7(5-12)6-14-4-2-3-8(9,10)11/h7,13H,2-4,6H2,1H3. The summed E-state index contributed by atoms with van der Waals surface area (Å²) in [5.74, 6) is 0. The third kappa shape index (κ3) is 7.83. The Balaban J connectivity index is 3.35. The lowest BCUT2D eigenvalue weighted by molar-refractivity contribution is -0.137. The van der Waals surface area contributed by atoms with Crippen LogP contribution in [0, 0.1) is 11.3 Å². The van der Waals surface area contributed by atoms with Crippen molar-refractivity contribution in [2.75, 3.05) is 20.3 Å². The summed E-state index contributed by atoms with van der Waals surface area (Å²) in [6.45, 7) is 0.143. The highest BCUT2D eigenvalue weighted by molar-refractivity contribution is 4.88. The number of nitrogens with one attached hydrogen (secondary N) is 1. The number of rotatable bonds is 6. The van der Waals surface area contributed by atoms with Crippen molar-refractivity contribution in [2.24, 2.45) is 0 Å². The molecule has 0 radical (unpaired) electrons. The number of alkyl halides is 3. The van der Waals surface area contributed by atoms with Crippen LogP contribution in [-0.2, 0) is 4.74 Å². The smallest absolute Gasteiger partial charge is 0.379 e. The molecule has 0 saturated heterocycles. The number of nitriles is 1. The van der Waals surface area contributed by atoms with Crippen molar-refractivity contribution in [3.8, 4) is 6.07 Å². The summed E-state index contributed by atoms with van der Waals surface area (Å²) >= 11 is 0. The van der Waals surface area contributed by atoms with Crippen LogP contribution in [0.25, 0.3) is 0 Å². The summed E-state index contributed by atoms with van der Waals surface area (Å²) < 4.78 is 39.8. The summed E-state index contributed by atoms with van der Waals surface area (Å²) in [6, 6.07) is 1.44. The Hall–Kier alpha value is -0.800. The summed E-state index contributed by atoms with van der Waals surface area (Å²) in [7, 11) is 1.59. The molecule has 82 valence electrons. The van der Waals surface area contributed by atoms with Gasteiger partial charge >= 0.3 is 6.18 Å². The van der Waals surface area contributed by atoms with Crippen LogP contribution in [0.5, 0.6) is 0 Å². The van der Waals surface area contributed by atoms with Gasteiger partial charge in [-0.3, -0.25) is 0 Å². The van der Waals surface area contributed by atoms with E-state index < -0.39 is 18.6 Å². The number of ether oxygens (including phenoxy) is 1. The van der Waals surface area contributed by atoms with Crippen LogP contribution in [0.3, 0.4) is 0 Å². The maximum Gasteiger partial charge on any atom is 0.389 e. The van der Waals surface area contributed by atoms with Crippen molar-refractivity contribution in [3.05, 3.63) is 0 Å². The average molecular weight is 210 g/mol. The zero-order valence-corrected chi connectivity index (χ0v) is 7.90. The predicted molar refractivity (Wildman–Crippen MR) is 44.6 cm³/mol. The van der Waals surface area contributed by atoms with E-state index in [2.05, 4.69) is 5.32 Å². The van der Waals surface area contributed by atoms with E-state index in [1.54, 1.807) is 7.05 Å². The van der Waals surface area contributed by atoms with Crippen molar-refractivity contribution >= 4 is 0 Å². The van der Waals surface area contributed by atoms with E-state index in [0.717, 1.165) is 0 Å². The first-order valence-electron chi connectivity index (χ1n) is 4.21. The third-order valence-corrected chi connectivity index (χ3v) is 1.54. The monoisotopic (exact) mass is 210 g/mol. The molecule has 1 unspecified atom stereocenters. The number of halogens is 3. The number of hydrogen-bond donors (Lipinski definition) is 1. The molecule has 1 N–H and O–H groups in total. The van der Waals surface area contributed by atoms with Gasteiger partial charge in [0.2, 0.25) is 0 Å². The predicted octanol–water partition coefficient (Wildman–Crippen LogP) is 1.46. The number of nitrogens with zero attached hydrogens (tertiary/aromatic N) is 1. The first-order valence-corrected chi connectivity index (χ1v) is 4.21. The first kappa shape index (κ1) is 13.2. The zero-order valence-electron chi connectivity index (χ0n) is 7.90. The van der Waals surface area contributed by atoms with Gasteiger partial charge in [-0.2, -0.15) is 18.4 Å². The minimum atomic E-state index is -4.12. The molecule has 0 aromatic rings. The highest BCUT2D eigenvalue weighted by atomic mass is 19.4. The van der Waals surface area contributed by atoms with Crippen molar-refractivity contribution in [2.45, 2.75) is 25.1 Å². The van der Waals surface area contributed by atoms with E-state index >= 15 is 0 Å². The third-order valence-electron chi connectivity index (χ3n) is 1.54. The van der Waals surface area contributed by atoms with E-state index in [1.807, 2.05) is 6.07 Å². The van der Waals surface area contributed by atoms with E-state index in [0.29, 0.717) is 0 Å². The maximum atomic E-state index is 11.7. The molecule has 0 rings (SSSR count). The van der Waals surface area contributed by atoms with Gasteiger partial charge < -0.3 is 10.1 Å². The highest BCUT2D eigenvalue weighted by Gasteiger charge is 2.25. The summed E-state index contributed by atoms with van der Waals surface area (Å²) in [5.41, 5.74) is 0. The molecule has 0 amide bonds. The van der Waals surface area contributed by atoms with Crippen LogP contribution in [0.15, 0.2) is 0 Å².